The molecule has 21 heavy (non-hydrogen) atoms. The molecular weight excluding hydrogens is 277 g/mol. The third-order valence-corrected chi connectivity index (χ3v) is 3.19. The molecule has 0 aliphatic carbocycles. The van der Waals surface area contributed by atoms with Gasteiger partial charge in [-0.05, 0) is 48.9 Å². The lowest BCUT2D eigenvalue weighted by atomic mass is 9.99. The summed E-state index contributed by atoms with van der Waals surface area (Å²) >= 11 is 0. The van der Waals surface area contributed by atoms with Crippen molar-refractivity contribution in [3.05, 3.63) is 65.0 Å². The fraction of sp³-hybridized carbons (Fsp3) is 0.312. The minimum absolute atomic E-state index is 0.350. The van der Waals surface area contributed by atoms with E-state index >= 15 is 0 Å². The first kappa shape index (κ1) is 15.5. The molecule has 0 aliphatic heterocycles. The van der Waals surface area contributed by atoms with Gasteiger partial charge in [-0.2, -0.15) is 13.2 Å². The summed E-state index contributed by atoms with van der Waals surface area (Å²) < 4.78 is 38.5. The number of hydrogen-bond donors (Lipinski definition) is 1. The number of nitrogens with one attached hydrogen (secondary N) is 1. The van der Waals surface area contributed by atoms with E-state index in [9.17, 15) is 13.2 Å². The lowest BCUT2D eigenvalue weighted by molar-refractivity contribution is -0.137. The molecule has 0 amide bonds. The highest BCUT2D eigenvalue weighted by Gasteiger charge is 2.31. The topological polar surface area (TPSA) is 24.9 Å². The number of aromatic nitrogens is 1. The number of pyridine rings is 1. The van der Waals surface area contributed by atoms with Crippen LogP contribution in [0.5, 0.6) is 0 Å². The highest BCUT2D eigenvalue weighted by molar-refractivity contribution is 5.33. The lowest BCUT2D eigenvalue weighted by Crippen LogP contribution is -2.23. The molecule has 2 nitrogen and oxygen atoms in total. The van der Waals surface area contributed by atoms with Crippen molar-refractivity contribution in [1.82, 2.24) is 10.3 Å². The minimum Gasteiger partial charge on any atom is -0.305 e. The van der Waals surface area contributed by atoms with Gasteiger partial charge in [0.1, 0.15) is 0 Å². The second-order valence-corrected chi connectivity index (χ2v) is 4.87. The Labute approximate surface area is 122 Å². The predicted octanol–water partition coefficient (Wildman–Crippen LogP) is 4.11. The third kappa shape index (κ3) is 3.82. The van der Waals surface area contributed by atoms with Gasteiger partial charge in [-0.3, -0.25) is 4.98 Å². The third-order valence-electron chi connectivity index (χ3n) is 3.19. The van der Waals surface area contributed by atoms with E-state index in [0.29, 0.717) is 12.1 Å². The zero-order valence-corrected chi connectivity index (χ0v) is 11.9. The number of halogens is 3. The molecule has 0 saturated heterocycles. The molecule has 1 unspecified atom stereocenters. The highest BCUT2D eigenvalue weighted by Crippen LogP contribution is 2.31. The standard InChI is InChI=1S/C16H17F3N2/c1-3-20-15(14-9-11(2)7-8-21-14)12-5-4-6-13(10-12)16(17,18)19/h4-10,15,20H,3H2,1-2H3. The van der Waals surface area contributed by atoms with Crippen molar-refractivity contribution in [2.75, 3.05) is 6.54 Å². The summed E-state index contributed by atoms with van der Waals surface area (Å²) in [5, 5.41) is 3.19. The van der Waals surface area contributed by atoms with Gasteiger partial charge in [-0.1, -0.05) is 19.1 Å². The van der Waals surface area contributed by atoms with Gasteiger partial charge in [0.05, 0.1) is 17.3 Å². The number of rotatable bonds is 4. The molecule has 1 atom stereocenters. The Morgan fingerprint density at radius 3 is 2.57 bits per heavy atom. The zero-order chi connectivity index (χ0) is 15.5. The summed E-state index contributed by atoms with van der Waals surface area (Å²) in [7, 11) is 0. The summed E-state index contributed by atoms with van der Waals surface area (Å²) in [6.45, 7) is 4.48. The van der Waals surface area contributed by atoms with Crippen LogP contribution in [-0.2, 0) is 6.18 Å². The molecular formula is C16H17F3N2. The van der Waals surface area contributed by atoms with E-state index in [1.54, 1.807) is 12.3 Å². The molecule has 0 radical (unpaired) electrons. The number of hydrogen-bond acceptors (Lipinski definition) is 2. The van der Waals surface area contributed by atoms with Gasteiger partial charge in [0.25, 0.3) is 0 Å². The summed E-state index contributed by atoms with van der Waals surface area (Å²) in [6.07, 6.45) is -2.67. The molecule has 0 aliphatic rings. The van der Waals surface area contributed by atoms with Crippen LogP contribution < -0.4 is 5.32 Å². The Morgan fingerprint density at radius 2 is 1.95 bits per heavy atom. The minimum atomic E-state index is -4.34. The summed E-state index contributed by atoms with van der Waals surface area (Å²) in [5.41, 5.74) is 1.66. The van der Waals surface area contributed by atoms with Crippen molar-refractivity contribution in [2.24, 2.45) is 0 Å². The number of benzene rings is 1. The Hall–Kier alpha value is -1.88. The van der Waals surface area contributed by atoms with E-state index in [0.717, 1.165) is 17.3 Å². The van der Waals surface area contributed by atoms with E-state index in [4.69, 9.17) is 0 Å². The van der Waals surface area contributed by atoms with Crippen LogP contribution in [0, 0.1) is 6.92 Å². The molecule has 1 aromatic heterocycles. The van der Waals surface area contributed by atoms with Crippen LogP contribution in [0.2, 0.25) is 0 Å². The largest absolute Gasteiger partial charge is 0.416 e. The molecule has 1 heterocycles. The quantitative estimate of drug-likeness (QED) is 0.918. The molecule has 0 fully saturated rings. The smallest absolute Gasteiger partial charge is 0.305 e. The van der Waals surface area contributed by atoms with E-state index in [1.165, 1.54) is 12.1 Å². The highest BCUT2D eigenvalue weighted by atomic mass is 19.4. The van der Waals surface area contributed by atoms with Crippen LogP contribution in [0.25, 0.3) is 0 Å². The van der Waals surface area contributed by atoms with E-state index < -0.39 is 11.7 Å². The number of nitrogens with zero attached hydrogens (tertiary/aromatic N) is 1. The molecule has 1 N–H and O–H groups in total. The monoisotopic (exact) mass is 294 g/mol. The van der Waals surface area contributed by atoms with Gasteiger partial charge in [0, 0.05) is 6.20 Å². The van der Waals surface area contributed by atoms with Crippen molar-refractivity contribution < 1.29 is 13.2 Å². The van der Waals surface area contributed by atoms with Gasteiger partial charge < -0.3 is 5.32 Å². The first-order valence-corrected chi connectivity index (χ1v) is 6.75. The Morgan fingerprint density at radius 1 is 1.19 bits per heavy atom. The van der Waals surface area contributed by atoms with Gasteiger partial charge in [0.2, 0.25) is 0 Å². The molecule has 0 spiro atoms. The van der Waals surface area contributed by atoms with Crippen molar-refractivity contribution in [3.8, 4) is 0 Å². The van der Waals surface area contributed by atoms with Crippen LogP contribution in [0.1, 0.15) is 35.3 Å². The molecule has 5 heteroatoms. The molecule has 2 aromatic rings. The van der Waals surface area contributed by atoms with Crippen LogP contribution in [0.3, 0.4) is 0 Å². The van der Waals surface area contributed by atoms with Crippen LogP contribution in [0.4, 0.5) is 13.2 Å². The molecule has 0 bridgehead atoms. The molecule has 112 valence electrons. The fourth-order valence-corrected chi connectivity index (χ4v) is 2.21. The summed E-state index contributed by atoms with van der Waals surface area (Å²) in [4.78, 5) is 4.28. The van der Waals surface area contributed by atoms with Gasteiger partial charge in [-0.15, -0.1) is 0 Å². The maximum Gasteiger partial charge on any atom is 0.416 e. The van der Waals surface area contributed by atoms with Crippen LogP contribution >= 0.6 is 0 Å². The maximum atomic E-state index is 12.8. The van der Waals surface area contributed by atoms with E-state index in [1.807, 2.05) is 26.0 Å². The number of alkyl halides is 3. The van der Waals surface area contributed by atoms with Crippen molar-refractivity contribution >= 4 is 0 Å². The first-order chi connectivity index (χ1) is 9.91. The average Bonchev–Trinajstić information content (AvgIpc) is 2.44. The van der Waals surface area contributed by atoms with Gasteiger partial charge in [0.15, 0.2) is 0 Å². The maximum absolute atomic E-state index is 12.8. The Balaban J connectivity index is 2.43. The summed E-state index contributed by atoms with van der Waals surface area (Å²) in [6, 6.07) is 8.77. The van der Waals surface area contributed by atoms with Crippen molar-refractivity contribution in [1.29, 1.82) is 0 Å². The Kier molecular flexibility index (Phi) is 4.63. The summed E-state index contributed by atoms with van der Waals surface area (Å²) in [5.74, 6) is 0. The van der Waals surface area contributed by atoms with Gasteiger partial charge >= 0.3 is 6.18 Å². The van der Waals surface area contributed by atoms with E-state index in [-0.39, 0.29) is 6.04 Å². The normalized spacial score (nSPS) is 13.2. The Bertz CT molecular complexity index is 608. The molecule has 1 aromatic carbocycles. The van der Waals surface area contributed by atoms with Crippen molar-refractivity contribution in [3.63, 3.8) is 0 Å². The fourth-order valence-electron chi connectivity index (χ4n) is 2.21. The van der Waals surface area contributed by atoms with Crippen molar-refractivity contribution in [2.45, 2.75) is 26.1 Å². The SMILES string of the molecule is CCNC(c1cccc(C(F)(F)F)c1)c1cc(C)ccn1. The van der Waals surface area contributed by atoms with Crippen LogP contribution in [-0.4, -0.2) is 11.5 Å². The van der Waals surface area contributed by atoms with E-state index in [2.05, 4.69) is 10.3 Å². The van der Waals surface area contributed by atoms with Crippen LogP contribution in [0.15, 0.2) is 42.6 Å². The first-order valence-electron chi connectivity index (χ1n) is 6.75. The molecule has 0 saturated carbocycles. The number of aryl methyl sites for hydroxylation is 1. The lowest BCUT2D eigenvalue weighted by Gasteiger charge is -2.19. The molecule has 2 rings (SSSR count). The predicted molar refractivity (Wildman–Crippen MR) is 75.9 cm³/mol. The zero-order valence-electron chi connectivity index (χ0n) is 11.9. The van der Waals surface area contributed by atoms with Gasteiger partial charge in [-0.25, -0.2) is 0 Å². The second-order valence-electron chi connectivity index (χ2n) is 4.87. The second kappa shape index (κ2) is 6.26. The average molecular weight is 294 g/mol.